The van der Waals surface area contributed by atoms with Crippen LogP contribution in [0.25, 0.3) is 0 Å². The van der Waals surface area contributed by atoms with Gasteiger partial charge in [0.25, 0.3) is 0 Å². The van der Waals surface area contributed by atoms with Crippen LogP contribution in [0.3, 0.4) is 0 Å². The second kappa shape index (κ2) is 6.65. The molecule has 1 aliphatic rings. The Morgan fingerprint density at radius 1 is 1.56 bits per heavy atom. The minimum atomic E-state index is -0.594. The van der Waals surface area contributed by atoms with Gasteiger partial charge in [-0.1, -0.05) is 12.2 Å². The second-order valence-corrected chi connectivity index (χ2v) is 5.01. The third-order valence-electron chi connectivity index (χ3n) is 2.51. The van der Waals surface area contributed by atoms with E-state index < -0.39 is 6.04 Å². The van der Waals surface area contributed by atoms with E-state index in [0.717, 1.165) is 0 Å². The van der Waals surface area contributed by atoms with Crippen LogP contribution < -0.4 is 11.1 Å². The molecule has 0 saturated carbocycles. The van der Waals surface area contributed by atoms with Crippen LogP contribution >= 0.6 is 12.2 Å². The normalized spacial score (nSPS) is 19.7. The first-order chi connectivity index (χ1) is 8.41. The third-order valence-corrected chi connectivity index (χ3v) is 2.65. The number of nitrogens with zero attached hydrogens (tertiary/aromatic N) is 1. The fourth-order valence-corrected chi connectivity index (χ4v) is 1.87. The van der Waals surface area contributed by atoms with Crippen LogP contribution in [0.4, 0.5) is 0 Å². The highest BCUT2D eigenvalue weighted by Gasteiger charge is 2.32. The van der Waals surface area contributed by atoms with E-state index in [1.807, 2.05) is 13.8 Å². The fourth-order valence-electron chi connectivity index (χ4n) is 1.75. The van der Waals surface area contributed by atoms with E-state index in [1.54, 1.807) is 0 Å². The first-order valence-electron chi connectivity index (χ1n) is 5.87. The summed E-state index contributed by atoms with van der Waals surface area (Å²) in [7, 11) is 0. The maximum atomic E-state index is 12.0. The Kier molecular flexibility index (Phi) is 5.49. The molecule has 0 bridgehead atoms. The molecule has 1 unspecified atom stereocenters. The lowest BCUT2D eigenvalue weighted by Gasteiger charge is -2.35. The lowest BCUT2D eigenvalue weighted by molar-refractivity contribution is -0.147. The van der Waals surface area contributed by atoms with Gasteiger partial charge in [0.1, 0.15) is 6.04 Å². The molecule has 3 N–H and O–H groups in total. The molecule has 0 aliphatic carbocycles. The Bertz CT molecular complexity index is 346. The van der Waals surface area contributed by atoms with Gasteiger partial charge in [0.15, 0.2) is 0 Å². The summed E-state index contributed by atoms with van der Waals surface area (Å²) >= 11 is 4.71. The van der Waals surface area contributed by atoms with E-state index >= 15 is 0 Å². The minimum absolute atomic E-state index is 0.0131. The summed E-state index contributed by atoms with van der Waals surface area (Å²) in [5.41, 5.74) is 5.35. The molecule has 1 fully saturated rings. The molecule has 0 aromatic heterocycles. The number of carbonyl (C=O) groups is 2. The van der Waals surface area contributed by atoms with Crippen molar-refractivity contribution in [1.82, 2.24) is 10.2 Å². The van der Waals surface area contributed by atoms with Gasteiger partial charge >= 0.3 is 0 Å². The monoisotopic (exact) mass is 273 g/mol. The van der Waals surface area contributed by atoms with Crippen molar-refractivity contribution in [3.8, 4) is 0 Å². The maximum absolute atomic E-state index is 12.0. The largest absolute Gasteiger partial charge is 0.393 e. The molecule has 0 aromatic rings. The van der Waals surface area contributed by atoms with Gasteiger partial charge in [0.05, 0.1) is 24.6 Å². The van der Waals surface area contributed by atoms with Crippen LogP contribution in [0.1, 0.15) is 20.3 Å². The van der Waals surface area contributed by atoms with Crippen molar-refractivity contribution < 1.29 is 14.3 Å². The number of amides is 2. The molecule has 1 aliphatic heterocycles. The van der Waals surface area contributed by atoms with Gasteiger partial charge in [-0.2, -0.15) is 0 Å². The number of carbonyl (C=O) groups excluding carboxylic acids is 2. The first-order valence-corrected chi connectivity index (χ1v) is 6.28. The van der Waals surface area contributed by atoms with Gasteiger partial charge in [-0.3, -0.25) is 9.59 Å². The highest BCUT2D eigenvalue weighted by Crippen LogP contribution is 2.09. The molecule has 102 valence electrons. The Balaban J connectivity index is 2.70. The zero-order chi connectivity index (χ0) is 13.7. The van der Waals surface area contributed by atoms with Crippen LogP contribution in [0.5, 0.6) is 0 Å². The summed E-state index contributed by atoms with van der Waals surface area (Å²) in [6.07, 6.45) is -0.0131. The highest BCUT2D eigenvalue weighted by molar-refractivity contribution is 7.80. The van der Waals surface area contributed by atoms with Crippen molar-refractivity contribution in [3.05, 3.63) is 0 Å². The molecule has 1 heterocycles. The number of hydrogen-bond donors (Lipinski definition) is 2. The van der Waals surface area contributed by atoms with Crippen molar-refractivity contribution in [1.29, 1.82) is 0 Å². The molecule has 0 aromatic carbocycles. The number of thiocarbonyl (C=S) groups is 1. The average molecular weight is 273 g/mol. The van der Waals surface area contributed by atoms with Crippen molar-refractivity contribution in [2.24, 2.45) is 5.73 Å². The van der Waals surface area contributed by atoms with Crippen LogP contribution in [-0.2, 0) is 14.3 Å². The topological polar surface area (TPSA) is 84.7 Å². The van der Waals surface area contributed by atoms with E-state index in [1.165, 1.54) is 4.90 Å². The van der Waals surface area contributed by atoms with E-state index in [2.05, 4.69) is 5.32 Å². The van der Waals surface area contributed by atoms with Gasteiger partial charge in [-0.15, -0.1) is 0 Å². The van der Waals surface area contributed by atoms with E-state index in [-0.39, 0.29) is 35.9 Å². The Morgan fingerprint density at radius 3 is 2.78 bits per heavy atom. The molecular formula is C11H19N3O3S. The molecule has 2 amide bonds. The van der Waals surface area contributed by atoms with Crippen LogP contribution in [0, 0.1) is 0 Å². The van der Waals surface area contributed by atoms with Crippen LogP contribution in [0.2, 0.25) is 0 Å². The van der Waals surface area contributed by atoms with Gasteiger partial charge in [-0.05, 0) is 13.8 Å². The summed E-state index contributed by atoms with van der Waals surface area (Å²) < 4.78 is 5.25. The van der Waals surface area contributed by atoms with Crippen LogP contribution in [0.15, 0.2) is 0 Å². The van der Waals surface area contributed by atoms with E-state index in [0.29, 0.717) is 13.2 Å². The summed E-state index contributed by atoms with van der Waals surface area (Å²) in [4.78, 5) is 25.5. The summed E-state index contributed by atoms with van der Waals surface area (Å²) in [6, 6.07) is -0.574. The molecule has 1 saturated heterocycles. The summed E-state index contributed by atoms with van der Waals surface area (Å²) in [5, 5.41) is 2.77. The molecule has 1 atom stereocenters. The van der Waals surface area contributed by atoms with Crippen molar-refractivity contribution in [2.75, 3.05) is 19.8 Å². The third kappa shape index (κ3) is 4.23. The molecule has 6 nitrogen and oxygen atoms in total. The number of nitrogens with two attached hydrogens (primary N) is 1. The minimum Gasteiger partial charge on any atom is -0.393 e. The lowest BCUT2D eigenvalue weighted by atomic mass is 10.2. The van der Waals surface area contributed by atoms with Crippen molar-refractivity contribution >= 4 is 29.0 Å². The maximum Gasteiger partial charge on any atom is 0.245 e. The summed E-state index contributed by atoms with van der Waals surface area (Å²) in [5.74, 6) is -0.435. The fraction of sp³-hybridized carbons (Fsp3) is 0.727. The zero-order valence-electron chi connectivity index (χ0n) is 10.6. The Labute approximate surface area is 112 Å². The lowest BCUT2D eigenvalue weighted by Crippen LogP contribution is -2.57. The summed E-state index contributed by atoms with van der Waals surface area (Å²) in [6.45, 7) is 4.75. The predicted octanol–water partition coefficient (Wildman–Crippen LogP) is -0.585. The molecule has 0 radical (unpaired) electrons. The number of nitrogens with one attached hydrogen (secondary N) is 1. The standard InChI is InChI=1S/C11H19N3O3S/c1-7(2)13-11(16)8-6-17-4-3-14(8)10(15)5-9(12)18/h7-8H,3-6H2,1-2H3,(H2,12,18)(H,13,16). The Hall–Kier alpha value is -1.21. The van der Waals surface area contributed by atoms with Gasteiger partial charge in [-0.25, -0.2) is 0 Å². The average Bonchev–Trinajstić information content (AvgIpc) is 2.27. The number of ether oxygens (including phenoxy) is 1. The van der Waals surface area contributed by atoms with Crippen LogP contribution in [-0.4, -0.2) is 53.5 Å². The number of morpholine rings is 1. The van der Waals surface area contributed by atoms with Gasteiger partial charge < -0.3 is 20.7 Å². The first kappa shape index (κ1) is 14.8. The molecular weight excluding hydrogens is 254 g/mol. The molecule has 0 spiro atoms. The molecule has 18 heavy (non-hydrogen) atoms. The Morgan fingerprint density at radius 2 is 2.22 bits per heavy atom. The van der Waals surface area contributed by atoms with Gasteiger partial charge in [0.2, 0.25) is 11.8 Å². The number of rotatable bonds is 4. The second-order valence-electron chi connectivity index (χ2n) is 4.48. The van der Waals surface area contributed by atoms with Crippen molar-refractivity contribution in [2.45, 2.75) is 32.4 Å². The smallest absolute Gasteiger partial charge is 0.245 e. The van der Waals surface area contributed by atoms with Crippen molar-refractivity contribution in [3.63, 3.8) is 0 Å². The van der Waals surface area contributed by atoms with E-state index in [9.17, 15) is 9.59 Å². The highest BCUT2D eigenvalue weighted by atomic mass is 32.1. The molecule has 1 rings (SSSR count). The van der Waals surface area contributed by atoms with E-state index in [4.69, 9.17) is 22.7 Å². The molecule has 7 heteroatoms. The van der Waals surface area contributed by atoms with Gasteiger partial charge in [0, 0.05) is 12.6 Å². The zero-order valence-corrected chi connectivity index (χ0v) is 11.5. The predicted molar refractivity (Wildman–Crippen MR) is 71.0 cm³/mol. The SMILES string of the molecule is CC(C)NC(=O)C1COCCN1C(=O)CC(N)=S. The number of hydrogen-bond acceptors (Lipinski definition) is 4. The quantitative estimate of drug-likeness (QED) is 0.669.